The largest absolute Gasteiger partial charge is 0.339 e. The first-order chi connectivity index (χ1) is 9.65. The van der Waals surface area contributed by atoms with Gasteiger partial charge in [-0.05, 0) is 25.3 Å². The van der Waals surface area contributed by atoms with Crippen LogP contribution < -0.4 is 5.73 Å². The van der Waals surface area contributed by atoms with Gasteiger partial charge in [0.25, 0.3) is 0 Å². The van der Waals surface area contributed by atoms with Gasteiger partial charge in [0.15, 0.2) is 5.82 Å². The van der Waals surface area contributed by atoms with Crippen molar-refractivity contribution in [3.8, 4) is 0 Å². The van der Waals surface area contributed by atoms with Gasteiger partial charge in [0, 0.05) is 18.4 Å². The molecule has 1 aromatic heterocycles. The van der Waals surface area contributed by atoms with Crippen LogP contribution in [0.5, 0.6) is 0 Å². The Labute approximate surface area is 120 Å². The lowest BCUT2D eigenvalue weighted by Crippen LogP contribution is -2.14. The van der Waals surface area contributed by atoms with Crippen LogP contribution in [-0.4, -0.2) is 16.2 Å². The first kappa shape index (κ1) is 14.7. The lowest BCUT2D eigenvalue weighted by Gasteiger charge is -2.07. The second kappa shape index (κ2) is 7.20. The summed E-state index contributed by atoms with van der Waals surface area (Å²) in [5.41, 5.74) is 6.95. The third-order valence-corrected chi connectivity index (χ3v) is 3.41. The fourth-order valence-corrected chi connectivity index (χ4v) is 2.19. The number of nitrogens with two attached hydrogens (primary N) is 1. The van der Waals surface area contributed by atoms with Crippen molar-refractivity contribution >= 4 is 0 Å². The Morgan fingerprint density at radius 2 is 1.90 bits per heavy atom. The van der Waals surface area contributed by atoms with Crippen molar-refractivity contribution in [1.29, 1.82) is 0 Å². The molecule has 0 spiro atoms. The van der Waals surface area contributed by atoms with Crippen LogP contribution in [0.3, 0.4) is 0 Å². The molecule has 0 saturated carbocycles. The third-order valence-electron chi connectivity index (χ3n) is 3.41. The Morgan fingerprint density at radius 3 is 2.60 bits per heavy atom. The minimum Gasteiger partial charge on any atom is -0.339 e. The van der Waals surface area contributed by atoms with Gasteiger partial charge < -0.3 is 10.3 Å². The molecule has 4 nitrogen and oxygen atoms in total. The first-order valence-electron chi connectivity index (χ1n) is 7.27. The highest BCUT2D eigenvalue weighted by atomic mass is 16.5. The molecule has 20 heavy (non-hydrogen) atoms. The molecule has 2 aromatic rings. The second-order valence-corrected chi connectivity index (χ2v) is 5.52. The van der Waals surface area contributed by atoms with Gasteiger partial charge in [-0.25, -0.2) is 0 Å². The molecule has 0 saturated heterocycles. The van der Waals surface area contributed by atoms with E-state index in [1.807, 2.05) is 25.1 Å². The summed E-state index contributed by atoms with van der Waals surface area (Å²) in [6.45, 7) is 4.16. The minimum absolute atomic E-state index is 0.263. The summed E-state index contributed by atoms with van der Waals surface area (Å²) in [4.78, 5) is 4.49. The first-order valence-corrected chi connectivity index (χ1v) is 7.27. The smallest absolute Gasteiger partial charge is 0.229 e. The van der Waals surface area contributed by atoms with E-state index in [0.717, 1.165) is 37.4 Å². The average molecular weight is 273 g/mol. The zero-order valence-electron chi connectivity index (χ0n) is 12.2. The fourth-order valence-electron chi connectivity index (χ4n) is 2.19. The highest BCUT2D eigenvalue weighted by molar-refractivity contribution is 5.18. The summed E-state index contributed by atoms with van der Waals surface area (Å²) in [6.07, 6.45) is 3.88. The van der Waals surface area contributed by atoms with E-state index in [2.05, 4.69) is 29.2 Å². The van der Waals surface area contributed by atoms with Crippen molar-refractivity contribution < 1.29 is 4.52 Å². The Balaban J connectivity index is 1.88. The molecule has 2 N–H and O–H groups in total. The number of benzene rings is 1. The van der Waals surface area contributed by atoms with Gasteiger partial charge in [-0.15, -0.1) is 0 Å². The SMILES string of the molecule is CC(N)CCCC(C)c1nc(Cc2ccccc2)no1. The molecule has 108 valence electrons. The van der Waals surface area contributed by atoms with E-state index in [1.165, 1.54) is 5.56 Å². The van der Waals surface area contributed by atoms with E-state index in [9.17, 15) is 0 Å². The van der Waals surface area contributed by atoms with Crippen molar-refractivity contribution in [2.24, 2.45) is 5.73 Å². The van der Waals surface area contributed by atoms with Gasteiger partial charge >= 0.3 is 0 Å². The van der Waals surface area contributed by atoms with Crippen LogP contribution >= 0.6 is 0 Å². The summed E-state index contributed by atoms with van der Waals surface area (Å²) in [5.74, 6) is 1.79. The van der Waals surface area contributed by atoms with Gasteiger partial charge in [0.05, 0.1) is 0 Å². The van der Waals surface area contributed by atoms with E-state index in [4.69, 9.17) is 10.3 Å². The lowest BCUT2D eigenvalue weighted by molar-refractivity contribution is 0.346. The number of nitrogens with zero attached hydrogens (tertiary/aromatic N) is 2. The Morgan fingerprint density at radius 1 is 1.15 bits per heavy atom. The lowest BCUT2D eigenvalue weighted by atomic mass is 10.0. The minimum atomic E-state index is 0.263. The molecular formula is C16H23N3O. The van der Waals surface area contributed by atoms with E-state index in [-0.39, 0.29) is 6.04 Å². The normalized spacial score (nSPS) is 14.2. The zero-order valence-corrected chi connectivity index (χ0v) is 12.2. The predicted octanol–water partition coefficient (Wildman–Crippen LogP) is 3.28. The molecule has 0 aliphatic heterocycles. The van der Waals surface area contributed by atoms with Crippen molar-refractivity contribution in [1.82, 2.24) is 10.1 Å². The highest BCUT2D eigenvalue weighted by Crippen LogP contribution is 2.20. The van der Waals surface area contributed by atoms with Gasteiger partial charge in [-0.1, -0.05) is 48.8 Å². The van der Waals surface area contributed by atoms with Crippen LogP contribution in [0.4, 0.5) is 0 Å². The standard InChI is InChI=1S/C16H23N3O/c1-12(7-6-8-13(2)17)16-18-15(19-20-16)11-14-9-4-3-5-10-14/h3-5,9-10,12-13H,6-8,11,17H2,1-2H3. The monoisotopic (exact) mass is 273 g/mol. The van der Waals surface area contributed by atoms with Crippen molar-refractivity contribution in [3.63, 3.8) is 0 Å². The molecule has 0 aliphatic carbocycles. The van der Waals surface area contributed by atoms with E-state index in [1.54, 1.807) is 0 Å². The van der Waals surface area contributed by atoms with Gasteiger partial charge in [-0.3, -0.25) is 0 Å². The van der Waals surface area contributed by atoms with Crippen molar-refractivity contribution in [3.05, 3.63) is 47.6 Å². The maximum atomic E-state index is 5.76. The molecule has 0 amide bonds. The summed E-state index contributed by atoms with van der Waals surface area (Å²) in [6, 6.07) is 10.5. The molecule has 0 fully saturated rings. The van der Waals surface area contributed by atoms with E-state index < -0.39 is 0 Å². The zero-order chi connectivity index (χ0) is 14.4. The summed E-state index contributed by atoms with van der Waals surface area (Å²) in [7, 11) is 0. The molecule has 2 rings (SSSR count). The van der Waals surface area contributed by atoms with Gasteiger partial charge in [-0.2, -0.15) is 4.98 Å². The average Bonchev–Trinajstić information content (AvgIpc) is 2.88. The molecule has 0 bridgehead atoms. The molecular weight excluding hydrogens is 250 g/mol. The summed E-state index contributed by atoms with van der Waals surface area (Å²) < 4.78 is 5.36. The number of hydrogen-bond acceptors (Lipinski definition) is 4. The van der Waals surface area contributed by atoms with E-state index >= 15 is 0 Å². The van der Waals surface area contributed by atoms with Crippen LogP contribution in [0.25, 0.3) is 0 Å². The van der Waals surface area contributed by atoms with Gasteiger partial charge in [0.2, 0.25) is 5.89 Å². The van der Waals surface area contributed by atoms with Crippen LogP contribution in [0, 0.1) is 0 Å². The predicted molar refractivity (Wildman–Crippen MR) is 79.5 cm³/mol. The van der Waals surface area contributed by atoms with Crippen LogP contribution in [0.2, 0.25) is 0 Å². The molecule has 1 heterocycles. The topological polar surface area (TPSA) is 64.9 Å². The van der Waals surface area contributed by atoms with Crippen molar-refractivity contribution in [2.75, 3.05) is 0 Å². The number of rotatable bonds is 7. The molecule has 2 unspecified atom stereocenters. The van der Waals surface area contributed by atoms with Crippen LogP contribution in [0.15, 0.2) is 34.9 Å². The molecule has 0 radical (unpaired) electrons. The Bertz CT molecular complexity index is 507. The molecule has 2 atom stereocenters. The summed E-state index contributed by atoms with van der Waals surface area (Å²) >= 11 is 0. The number of hydrogen-bond donors (Lipinski definition) is 1. The van der Waals surface area contributed by atoms with Gasteiger partial charge in [0.1, 0.15) is 0 Å². The molecule has 4 heteroatoms. The van der Waals surface area contributed by atoms with E-state index in [0.29, 0.717) is 5.92 Å². The number of aromatic nitrogens is 2. The van der Waals surface area contributed by atoms with Crippen LogP contribution in [0.1, 0.15) is 56.3 Å². The Hall–Kier alpha value is -1.68. The third kappa shape index (κ3) is 4.46. The van der Waals surface area contributed by atoms with Crippen LogP contribution in [-0.2, 0) is 6.42 Å². The quantitative estimate of drug-likeness (QED) is 0.840. The fraction of sp³-hybridized carbons (Fsp3) is 0.500. The van der Waals surface area contributed by atoms with Crippen molar-refractivity contribution in [2.45, 2.75) is 51.5 Å². The molecule has 0 aliphatic rings. The summed E-state index contributed by atoms with van der Waals surface area (Å²) in [5, 5.41) is 4.06. The second-order valence-electron chi connectivity index (χ2n) is 5.52. The Kier molecular flexibility index (Phi) is 5.30. The maximum absolute atomic E-state index is 5.76. The highest BCUT2D eigenvalue weighted by Gasteiger charge is 2.14. The maximum Gasteiger partial charge on any atom is 0.229 e. The molecule has 1 aromatic carbocycles.